The van der Waals surface area contributed by atoms with E-state index in [0.29, 0.717) is 25.6 Å². The summed E-state index contributed by atoms with van der Waals surface area (Å²) in [4.78, 5) is 28.8. The first-order valence-corrected chi connectivity index (χ1v) is 9.81. The lowest BCUT2D eigenvalue weighted by molar-refractivity contribution is -0.124. The van der Waals surface area contributed by atoms with Crippen LogP contribution in [-0.4, -0.2) is 55.2 Å². The molecule has 1 aromatic rings. The van der Waals surface area contributed by atoms with Crippen LogP contribution < -0.4 is 16.0 Å². The Balaban J connectivity index is 0.00000364. The molecule has 10 heteroatoms. The van der Waals surface area contributed by atoms with Gasteiger partial charge in [-0.05, 0) is 36.4 Å². The number of urea groups is 1. The quantitative estimate of drug-likeness (QED) is 0.216. The van der Waals surface area contributed by atoms with Crippen LogP contribution in [0.15, 0.2) is 23.2 Å². The summed E-state index contributed by atoms with van der Waals surface area (Å²) in [5, 5.41) is 8.71. The van der Waals surface area contributed by atoms with Crippen LogP contribution in [0.25, 0.3) is 0 Å². The first kappa shape index (κ1) is 23.5. The zero-order valence-electron chi connectivity index (χ0n) is 15.4. The van der Waals surface area contributed by atoms with E-state index in [-0.39, 0.29) is 54.8 Å². The van der Waals surface area contributed by atoms with Gasteiger partial charge in [0, 0.05) is 25.4 Å². The first-order valence-electron chi connectivity index (χ1n) is 8.41. The van der Waals surface area contributed by atoms with Crippen molar-refractivity contribution in [1.82, 2.24) is 20.9 Å². The van der Waals surface area contributed by atoms with Crippen molar-refractivity contribution in [3.63, 3.8) is 0 Å². The predicted octanol–water partition coefficient (Wildman–Crippen LogP) is 1.91. The smallest absolute Gasteiger partial charge is 0.324 e. The Bertz CT molecular complexity index is 673. The predicted molar refractivity (Wildman–Crippen MR) is 117 cm³/mol. The number of halogens is 2. The van der Waals surface area contributed by atoms with Gasteiger partial charge in [-0.25, -0.2) is 14.2 Å². The van der Waals surface area contributed by atoms with Crippen LogP contribution in [-0.2, 0) is 17.1 Å². The van der Waals surface area contributed by atoms with Crippen LogP contribution in [0.5, 0.6) is 0 Å². The molecule has 1 heterocycles. The molecule has 1 aliphatic heterocycles. The Kier molecular flexibility index (Phi) is 10.4. The number of thioether (sulfide) groups is 1. The van der Waals surface area contributed by atoms with Crippen molar-refractivity contribution in [1.29, 1.82) is 0 Å². The number of hydrogen-bond donors (Lipinski definition) is 3. The lowest BCUT2D eigenvalue weighted by atomic mass is 10.1. The monoisotopic (exact) mass is 509 g/mol. The summed E-state index contributed by atoms with van der Waals surface area (Å²) in [5.74, 6) is 0.824. The third-order valence-corrected chi connectivity index (χ3v) is 4.38. The number of aliphatic imine (C=N–C) groups is 1. The van der Waals surface area contributed by atoms with E-state index in [1.165, 1.54) is 11.0 Å². The van der Waals surface area contributed by atoms with Crippen molar-refractivity contribution in [2.75, 3.05) is 32.4 Å². The number of hydrogen-bond acceptors (Lipinski definition) is 4. The molecule has 1 saturated heterocycles. The molecule has 1 aliphatic rings. The molecule has 0 aromatic heterocycles. The van der Waals surface area contributed by atoms with Crippen LogP contribution in [0.1, 0.15) is 18.1 Å². The van der Waals surface area contributed by atoms with E-state index in [1.807, 2.05) is 13.2 Å². The second-order valence-corrected chi connectivity index (χ2v) is 6.54. The summed E-state index contributed by atoms with van der Waals surface area (Å²) in [7, 11) is 0. The van der Waals surface area contributed by atoms with Gasteiger partial charge in [0.1, 0.15) is 5.82 Å². The summed E-state index contributed by atoms with van der Waals surface area (Å²) in [6.07, 6.45) is 1.97. The van der Waals surface area contributed by atoms with Crippen molar-refractivity contribution in [2.45, 2.75) is 19.2 Å². The second-order valence-electron chi connectivity index (χ2n) is 5.67. The van der Waals surface area contributed by atoms with Crippen LogP contribution in [0.4, 0.5) is 9.18 Å². The van der Waals surface area contributed by atoms with E-state index in [9.17, 15) is 14.0 Å². The molecule has 3 N–H and O–H groups in total. The Morgan fingerprint density at radius 1 is 1.33 bits per heavy atom. The molecule has 1 fully saturated rings. The van der Waals surface area contributed by atoms with Gasteiger partial charge in [0.05, 0.1) is 13.1 Å². The first-order chi connectivity index (χ1) is 12.5. The van der Waals surface area contributed by atoms with E-state index >= 15 is 0 Å². The average Bonchev–Trinajstić information content (AvgIpc) is 2.93. The summed E-state index contributed by atoms with van der Waals surface area (Å²) >= 11 is 1.63. The molecular formula is C17H25FIN5O2S. The number of guanidine groups is 1. The molecule has 7 nitrogen and oxygen atoms in total. The van der Waals surface area contributed by atoms with Gasteiger partial charge in [-0.3, -0.25) is 9.69 Å². The maximum atomic E-state index is 13.4. The maximum absolute atomic E-state index is 13.4. The summed E-state index contributed by atoms with van der Waals surface area (Å²) < 4.78 is 13.4. The zero-order chi connectivity index (χ0) is 18.9. The normalized spacial score (nSPS) is 14.0. The molecule has 150 valence electrons. The van der Waals surface area contributed by atoms with Gasteiger partial charge in [-0.2, -0.15) is 11.8 Å². The molecule has 0 saturated carbocycles. The van der Waals surface area contributed by atoms with Crippen LogP contribution in [0, 0.1) is 5.82 Å². The van der Waals surface area contributed by atoms with Gasteiger partial charge in [-0.1, -0.05) is 6.07 Å². The van der Waals surface area contributed by atoms with Crippen molar-refractivity contribution in [3.05, 3.63) is 35.1 Å². The molecule has 0 aliphatic carbocycles. The Labute approximate surface area is 180 Å². The van der Waals surface area contributed by atoms with Gasteiger partial charge in [-0.15, -0.1) is 24.0 Å². The fourth-order valence-corrected chi connectivity index (χ4v) is 3.09. The van der Waals surface area contributed by atoms with E-state index in [1.54, 1.807) is 23.9 Å². The minimum atomic E-state index is -0.369. The van der Waals surface area contributed by atoms with Crippen LogP contribution in [0.3, 0.4) is 0 Å². The van der Waals surface area contributed by atoms with E-state index < -0.39 is 0 Å². The fraction of sp³-hybridized carbons (Fsp3) is 0.471. The lowest BCUT2D eigenvalue weighted by Crippen LogP contribution is -2.43. The van der Waals surface area contributed by atoms with Gasteiger partial charge in [0.15, 0.2) is 5.96 Å². The minimum Gasteiger partial charge on any atom is -0.357 e. The van der Waals surface area contributed by atoms with Crippen molar-refractivity contribution < 1.29 is 14.0 Å². The molecule has 3 amide bonds. The highest BCUT2D eigenvalue weighted by Gasteiger charge is 2.27. The van der Waals surface area contributed by atoms with Crippen molar-refractivity contribution >= 4 is 53.6 Å². The van der Waals surface area contributed by atoms with Gasteiger partial charge >= 0.3 is 6.03 Å². The van der Waals surface area contributed by atoms with Crippen LogP contribution >= 0.6 is 35.7 Å². The third-order valence-electron chi connectivity index (χ3n) is 3.78. The Hall–Kier alpha value is -1.56. The number of nitrogens with one attached hydrogen (secondary N) is 3. The van der Waals surface area contributed by atoms with Gasteiger partial charge in [0.25, 0.3) is 0 Å². The summed E-state index contributed by atoms with van der Waals surface area (Å²) in [6.45, 7) is 3.75. The summed E-state index contributed by atoms with van der Waals surface area (Å²) in [6, 6.07) is 4.36. The number of benzene rings is 1. The topological polar surface area (TPSA) is 85.8 Å². The molecule has 1 aromatic carbocycles. The van der Waals surface area contributed by atoms with E-state index in [4.69, 9.17) is 0 Å². The fourth-order valence-electron chi connectivity index (χ4n) is 2.51. The molecule has 0 spiro atoms. The molecule has 0 unspecified atom stereocenters. The Morgan fingerprint density at radius 2 is 2.11 bits per heavy atom. The lowest BCUT2D eigenvalue weighted by Gasteiger charge is -2.15. The number of rotatable bonds is 8. The SMILES string of the molecule is CCNC(=NCc1ccc(F)cc1CSC)NCCN1C(=O)CNC1=O.I. The maximum Gasteiger partial charge on any atom is 0.324 e. The number of imide groups is 1. The van der Waals surface area contributed by atoms with Crippen molar-refractivity contribution in [2.24, 2.45) is 4.99 Å². The summed E-state index contributed by atoms with van der Waals surface area (Å²) in [5.41, 5.74) is 1.89. The molecule has 27 heavy (non-hydrogen) atoms. The molecule has 0 radical (unpaired) electrons. The number of amides is 3. The highest BCUT2D eigenvalue weighted by Crippen LogP contribution is 2.17. The minimum absolute atomic E-state index is 0. The number of nitrogens with zero attached hydrogens (tertiary/aromatic N) is 2. The zero-order valence-corrected chi connectivity index (χ0v) is 18.5. The highest BCUT2D eigenvalue weighted by molar-refractivity contribution is 14.0. The van der Waals surface area contributed by atoms with Crippen molar-refractivity contribution in [3.8, 4) is 0 Å². The largest absolute Gasteiger partial charge is 0.357 e. The third kappa shape index (κ3) is 7.17. The molecule has 0 bridgehead atoms. The van der Waals surface area contributed by atoms with Crippen LogP contribution in [0.2, 0.25) is 0 Å². The highest BCUT2D eigenvalue weighted by atomic mass is 127. The molecule has 2 rings (SSSR count). The molecule has 0 atom stereocenters. The van der Waals surface area contributed by atoms with E-state index in [2.05, 4.69) is 20.9 Å². The van der Waals surface area contributed by atoms with E-state index in [0.717, 1.165) is 16.9 Å². The average molecular weight is 509 g/mol. The standard InChI is InChI=1S/C17H24FN5O2S.HI/c1-3-19-16(20-6-7-23-15(24)10-22-17(23)25)21-9-12-4-5-14(18)8-13(12)11-26-2;/h4-5,8H,3,6-7,9-11H2,1-2H3,(H,22,25)(H2,19,20,21);1H. The Morgan fingerprint density at radius 3 is 2.74 bits per heavy atom. The number of carbonyl (C=O) groups is 2. The van der Waals surface area contributed by atoms with Gasteiger partial charge in [0.2, 0.25) is 5.91 Å². The number of carbonyl (C=O) groups excluding carboxylic acids is 2. The van der Waals surface area contributed by atoms with Gasteiger partial charge < -0.3 is 16.0 Å². The second kappa shape index (κ2) is 12.0. The molecular weight excluding hydrogens is 484 g/mol.